The molecule has 2 aromatic carbocycles. The molecule has 0 unspecified atom stereocenters. The third kappa shape index (κ3) is 3.27. The number of ether oxygens (including phenoxy) is 2. The standard InChI is InChI=1S/C19H18ClN3O2S/c1-12-5-3-4-6-16(12)23-13(2)21-22-19(23)26-11-14-9-15(20)18-17(10-14)24-7-8-25-18/h3-6,9-10H,7-8,11H2,1-2H3. The highest BCUT2D eigenvalue weighted by atomic mass is 35.5. The Morgan fingerprint density at radius 3 is 2.77 bits per heavy atom. The number of halogens is 1. The lowest BCUT2D eigenvalue weighted by atomic mass is 10.2. The average Bonchev–Trinajstić information content (AvgIpc) is 3.01. The second kappa shape index (κ2) is 7.21. The summed E-state index contributed by atoms with van der Waals surface area (Å²) in [7, 11) is 0. The number of aryl methyl sites for hydroxylation is 2. The Morgan fingerprint density at radius 2 is 1.92 bits per heavy atom. The molecule has 0 bridgehead atoms. The van der Waals surface area contributed by atoms with Crippen molar-refractivity contribution >= 4 is 23.4 Å². The van der Waals surface area contributed by atoms with E-state index in [0.717, 1.165) is 22.2 Å². The fraction of sp³-hybridized carbons (Fsp3) is 0.263. The molecule has 0 spiro atoms. The van der Waals surface area contributed by atoms with Crippen molar-refractivity contribution in [2.24, 2.45) is 0 Å². The van der Waals surface area contributed by atoms with E-state index in [1.54, 1.807) is 11.8 Å². The Kier molecular flexibility index (Phi) is 4.78. The number of rotatable bonds is 4. The summed E-state index contributed by atoms with van der Waals surface area (Å²) < 4.78 is 13.3. The molecule has 5 nitrogen and oxygen atoms in total. The molecule has 1 aliphatic rings. The minimum absolute atomic E-state index is 0.527. The van der Waals surface area contributed by atoms with Gasteiger partial charge in [-0.1, -0.05) is 41.6 Å². The maximum Gasteiger partial charge on any atom is 0.196 e. The second-order valence-corrected chi connectivity index (χ2v) is 7.39. The van der Waals surface area contributed by atoms with Gasteiger partial charge in [-0.2, -0.15) is 0 Å². The Balaban J connectivity index is 1.60. The highest BCUT2D eigenvalue weighted by molar-refractivity contribution is 7.98. The van der Waals surface area contributed by atoms with Gasteiger partial charge in [0.2, 0.25) is 0 Å². The van der Waals surface area contributed by atoms with Gasteiger partial charge in [0.05, 0.1) is 10.7 Å². The van der Waals surface area contributed by atoms with Gasteiger partial charge in [-0.25, -0.2) is 0 Å². The third-order valence-electron chi connectivity index (χ3n) is 4.18. The predicted molar refractivity (Wildman–Crippen MR) is 103 cm³/mol. The van der Waals surface area contributed by atoms with Crippen molar-refractivity contribution in [3.8, 4) is 17.2 Å². The minimum atomic E-state index is 0.527. The van der Waals surface area contributed by atoms with Crippen LogP contribution in [0.5, 0.6) is 11.5 Å². The molecule has 0 aliphatic carbocycles. The first kappa shape index (κ1) is 17.2. The van der Waals surface area contributed by atoms with Crippen molar-refractivity contribution in [2.45, 2.75) is 24.8 Å². The van der Waals surface area contributed by atoms with Gasteiger partial charge < -0.3 is 9.47 Å². The van der Waals surface area contributed by atoms with E-state index >= 15 is 0 Å². The Labute approximate surface area is 161 Å². The molecule has 134 valence electrons. The monoisotopic (exact) mass is 387 g/mol. The maximum absolute atomic E-state index is 6.33. The smallest absolute Gasteiger partial charge is 0.196 e. The van der Waals surface area contributed by atoms with E-state index in [9.17, 15) is 0 Å². The SMILES string of the molecule is Cc1ccccc1-n1c(C)nnc1SCc1cc(Cl)c2c(c1)OCCO2. The fourth-order valence-electron chi connectivity index (χ4n) is 2.92. The number of hydrogen-bond donors (Lipinski definition) is 0. The van der Waals surface area contributed by atoms with E-state index in [1.807, 2.05) is 31.2 Å². The number of aromatic nitrogens is 3. The van der Waals surface area contributed by atoms with Crippen molar-refractivity contribution in [2.75, 3.05) is 13.2 Å². The summed E-state index contributed by atoms with van der Waals surface area (Å²) in [6, 6.07) is 12.1. The summed E-state index contributed by atoms with van der Waals surface area (Å²) in [4.78, 5) is 0. The Bertz CT molecular complexity index is 958. The van der Waals surface area contributed by atoms with Crippen LogP contribution in [0.3, 0.4) is 0 Å². The normalized spacial score (nSPS) is 13.0. The van der Waals surface area contributed by atoms with E-state index < -0.39 is 0 Å². The van der Waals surface area contributed by atoms with E-state index in [0.29, 0.717) is 35.5 Å². The number of fused-ring (bicyclic) bond motifs is 1. The van der Waals surface area contributed by atoms with Crippen molar-refractivity contribution in [3.63, 3.8) is 0 Å². The van der Waals surface area contributed by atoms with E-state index in [2.05, 4.69) is 33.8 Å². The first-order chi connectivity index (χ1) is 12.6. The van der Waals surface area contributed by atoms with Gasteiger partial charge in [-0.15, -0.1) is 10.2 Å². The van der Waals surface area contributed by atoms with Crippen molar-refractivity contribution < 1.29 is 9.47 Å². The third-order valence-corrected chi connectivity index (χ3v) is 5.46. The molecule has 7 heteroatoms. The zero-order valence-electron chi connectivity index (χ0n) is 14.5. The maximum atomic E-state index is 6.33. The van der Waals surface area contributed by atoms with Crippen LogP contribution in [0.2, 0.25) is 5.02 Å². The molecule has 4 rings (SSSR count). The van der Waals surface area contributed by atoms with Crippen LogP contribution in [0.25, 0.3) is 5.69 Å². The highest BCUT2D eigenvalue weighted by Gasteiger charge is 2.18. The first-order valence-corrected chi connectivity index (χ1v) is 9.68. The van der Waals surface area contributed by atoms with Crippen LogP contribution in [-0.2, 0) is 5.75 Å². The van der Waals surface area contributed by atoms with E-state index in [4.69, 9.17) is 21.1 Å². The largest absolute Gasteiger partial charge is 0.486 e. The van der Waals surface area contributed by atoms with E-state index in [1.165, 1.54) is 5.56 Å². The molecule has 2 heterocycles. The van der Waals surface area contributed by atoms with Gasteiger partial charge in [0, 0.05) is 5.75 Å². The molecule has 0 atom stereocenters. The van der Waals surface area contributed by atoms with Crippen LogP contribution >= 0.6 is 23.4 Å². The van der Waals surface area contributed by atoms with Gasteiger partial charge >= 0.3 is 0 Å². The summed E-state index contributed by atoms with van der Waals surface area (Å²) in [6.07, 6.45) is 0. The predicted octanol–water partition coefficient (Wildman–Crippen LogP) is 4.60. The van der Waals surface area contributed by atoms with Crippen LogP contribution in [0.15, 0.2) is 41.6 Å². The molecule has 0 fully saturated rings. The van der Waals surface area contributed by atoms with Crippen molar-refractivity contribution in [1.82, 2.24) is 14.8 Å². The molecular formula is C19H18ClN3O2S. The summed E-state index contributed by atoms with van der Waals surface area (Å²) in [5.74, 6) is 2.91. The molecule has 3 aromatic rings. The molecule has 1 aromatic heterocycles. The summed E-state index contributed by atoms with van der Waals surface area (Å²) in [5.41, 5.74) is 3.33. The average molecular weight is 388 g/mol. The number of thioether (sulfide) groups is 1. The Morgan fingerprint density at radius 1 is 1.12 bits per heavy atom. The fourth-order valence-corrected chi connectivity index (χ4v) is 4.13. The number of hydrogen-bond acceptors (Lipinski definition) is 5. The van der Waals surface area contributed by atoms with Crippen molar-refractivity contribution in [1.29, 1.82) is 0 Å². The molecule has 26 heavy (non-hydrogen) atoms. The van der Waals surface area contributed by atoms with Crippen molar-refractivity contribution in [3.05, 3.63) is 58.4 Å². The number of nitrogens with zero attached hydrogens (tertiary/aromatic N) is 3. The number of benzene rings is 2. The van der Waals surface area contributed by atoms with E-state index in [-0.39, 0.29) is 0 Å². The number of para-hydroxylation sites is 1. The lowest BCUT2D eigenvalue weighted by Gasteiger charge is -2.20. The molecule has 0 amide bonds. The molecule has 1 aliphatic heterocycles. The molecule has 0 saturated carbocycles. The van der Waals surface area contributed by atoms with Gasteiger partial charge in [-0.3, -0.25) is 4.57 Å². The highest BCUT2D eigenvalue weighted by Crippen LogP contribution is 2.39. The van der Waals surface area contributed by atoms with Gasteiger partial charge in [0.1, 0.15) is 19.0 Å². The molecule has 0 radical (unpaired) electrons. The molecule has 0 N–H and O–H groups in total. The topological polar surface area (TPSA) is 49.2 Å². The zero-order chi connectivity index (χ0) is 18.1. The van der Waals surface area contributed by atoms with Crippen LogP contribution < -0.4 is 9.47 Å². The lowest BCUT2D eigenvalue weighted by molar-refractivity contribution is 0.171. The van der Waals surface area contributed by atoms with Crippen LogP contribution in [-0.4, -0.2) is 28.0 Å². The quantitative estimate of drug-likeness (QED) is 0.612. The van der Waals surface area contributed by atoms with Crippen LogP contribution in [0.4, 0.5) is 0 Å². The molecular weight excluding hydrogens is 370 g/mol. The summed E-state index contributed by atoms with van der Waals surface area (Å²) in [5, 5.41) is 10.0. The first-order valence-electron chi connectivity index (χ1n) is 8.32. The van der Waals surface area contributed by atoms with Crippen LogP contribution in [0, 0.1) is 13.8 Å². The summed E-state index contributed by atoms with van der Waals surface area (Å²) in [6.45, 7) is 5.12. The van der Waals surface area contributed by atoms with Gasteiger partial charge in [-0.05, 0) is 43.2 Å². The van der Waals surface area contributed by atoms with Gasteiger partial charge in [0.25, 0.3) is 0 Å². The van der Waals surface area contributed by atoms with Crippen LogP contribution in [0.1, 0.15) is 17.0 Å². The lowest BCUT2D eigenvalue weighted by Crippen LogP contribution is -2.15. The second-order valence-electron chi connectivity index (χ2n) is 6.04. The zero-order valence-corrected chi connectivity index (χ0v) is 16.1. The Hall–Kier alpha value is -2.18. The minimum Gasteiger partial charge on any atom is -0.486 e. The summed E-state index contributed by atoms with van der Waals surface area (Å²) >= 11 is 7.95. The molecule has 0 saturated heterocycles. The van der Waals surface area contributed by atoms with Gasteiger partial charge in [0.15, 0.2) is 16.7 Å².